The van der Waals surface area contributed by atoms with Crippen LogP contribution in [0.15, 0.2) is 24.3 Å². The van der Waals surface area contributed by atoms with Gasteiger partial charge in [-0.3, -0.25) is 4.79 Å². The van der Waals surface area contributed by atoms with E-state index in [1.54, 1.807) is 19.2 Å². The van der Waals surface area contributed by atoms with Crippen LogP contribution in [0.4, 0.5) is 4.39 Å². The van der Waals surface area contributed by atoms with Gasteiger partial charge in [0.05, 0.1) is 12.0 Å². The molecule has 21 heavy (non-hydrogen) atoms. The average Bonchev–Trinajstić information content (AvgIpc) is 2.50. The second kappa shape index (κ2) is 7.52. The fourth-order valence-corrected chi connectivity index (χ4v) is 2.78. The Labute approximate surface area is 125 Å². The SMILES string of the molecule is COCC1(C(=O)NCCc2ccc(F)cc2)CCNCC1. The van der Waals surface area contributed by atoms with E-state index in [2.05, 4.69) is 10.6 Å². The maximum Gasteiger partial charge on any atom is 0.228 e. The Bertz CT molecular complexity index is 450. The normalized spacial score (nSPS) is 17.4. The highest BCUT2D eigenvalue weighted by Gasteiger charge is 2.39. The summed E-state index contributed by atoms with van der Waals surface area (Å²) < 4.78 is 18.1. The predicted molar refractivity (Wildman–Crippen MR) is 79.5 cm³/mol. The van der Waals surface area contributed by atoms with E-state index >= 15 is 0 Å². The predicted octanol–water partition coefficient (Wildman–Crippen LogP) is 1.50. The molecule has 1 aliphatic rings. The number of piperidine rings is 1. The molecule has 0 radical (unpaired) electrons. The summed E-state index contributed by atoms with van der Waals surface area (Å²) >= 11 is 0. The van der Waals surface area contributed by atoms with Gasteiger partial charge in [-0.05, 0) is 50.0 Å². The van der Waals surface area contributed by atoms with Gasteiger partial charge in [-0.25, -0.2) is 4.39 Å². The van der Waals surface area contributed by atoms with Crippen molar-refractivity contribution in [2.24, 2.45) is 5.41 Å². The number of rotatable bonds is 6. The Morgan fingerprint density at radius 3 is 2.62 bits per heavy atom. The fourth-order valence-electron chi connectivity index (χ4n) is 2.78. The third-order valence-corrected chi connectivity index (χ3v) is 4.08. The van der Waals surface area contributed by atoms with Crippen molar-refractivity contribution in [2.75, 3.05) is 33.4 Å². The number of benzene rings is 1. The standard InChI is InChI=1S/C16H23FN2O2/c1-21-12-16(7-10-18-11-8-16)15(20)19-9-6-13-2-4-14(17)5-3-13/h2-5,18H,6-12H2,1H3,(H,19,20). The van der Waals surface area contributed by atoms with Gasteiger partial charge in [-0.15, -0.1) is 0 Å². The molecule has 5 heteroatoms. The van der Waals surface area contributed by atoms with E-state index in [1.165, 1.54) is 12.1 Å². The number of halogens is 1. The number of ether oxygens (including phenoxy) is 1. The highest BCUT2D eigenvalue weighted by molar-refractivity contribution is 5.83. The maximum absolute atomic E-state index is 12.8. The van der Waals surface area contributed by atoms with Crippen LogP contribution in [0, 0.1) is 11.2 Å². The average molecular weight is 294 g/mol. The lowest BCUT2D eigenvalue weighted by atomic mass is 9.78. The minimum absolute atomic E-state index is 0.0629. The van der Waals surface area contributed by atoms with Crippen molar-refractivity contribution in [3.8, 4) is 0 Å². The Balaban J connectivity index is 1.85. The summed E-state index contributed by atoms with van der Waals surface area (Å²) in [6.07, 6.45) is 2.29. The van der Waals surface area contributed by atoms with Crippen LogP contribution < -0.4 is 10.6 Å². The summed E-state index contributed by atoms with van der Waals surface area (Å²) in [6, 6.07) is 6.38. The monoisotopic (exact) mass is 294 g/mol. The van der Waals surface area contributed by atoms with Gasteiger partial charge < -0.3 is 15.4 Å². The quantitative estimate of drug-likeness (QED) is 0.836. The molecule has 0 aromatic heterocycles. The number of nitrogens with one attached hydrogen (secondary N) is 2. The van der Waals surface area contributed by atoms with Crippen molar-refractivity contribution in [2.45, 2.75) is 19.3 Å². The smallest absolute Gasteiger partial charge is 0.228 e. The van der Waals surface area contributed by atoms with Gasteiger partial charge in [-0.2, -0.15) is 0 Å². The Hall–Kier alpha value is -1.46. The molecule has 0 aliphatic carbocycles. The van der Waals surface area contributed by atoms with Crippen molar-refractivity contribution in [3.63, 3.8) is 0 Å². The molecular formula is C16H23FN2O2. The Morgan fingerprint density at radius 1 is 1.33 bits per heavy atom. The Kier molecular flexibility index (Phi) is 5.70. The zero-order valence-corrected chi connectivity index (χ0v) is 12.5. The first-order valence-corrected chi connectivity index (χ1v) is 7.39. The molecular weight excluding hydrogens is 271 g/mol. The summed E-state index contributed by atoms with van der Waals surface area (Å²) in [7, 11) is 1.63. The number of hydrogen-bond donors (Lipinski definition) is 2. The first kappa shape index (κ1) is 15.9. The molecule has 116 valence electrons. The first-order valence-electron chi connectivity index (χ1n) is 7.39. The molecule has 4 nitrogen and oxygen atoms in total. The topological polar surface area (TPSA) is 50.4 Å². The third-order valence-electron chi connectivity index (χ3n) is 4.08. The lowest BCUT2D eigenvalue weighted by molar-refractivity contribution is -0.136. The van der Waals surface area contributed by atoms with E-state index in [9.17, 15) is 9.18 Å². The number of methoxy groups -OCH3 is 1. The van der Waals surface area contributed by atoms with Crippen LogP contribution in [0.3, 0.4) is 0 Å². The second-order valence-corrected chi connectivity index (χ2v) is 5.60. The van der Waals surface area contributed by atoms with Crippen molar-refractivity contribution >= 4 is 5.91 Å². The lowest BCUT2D eigenvalue weighted by Crippen LogP contribution is -2.50. The summed E-state index contributed by atoms with van der Waals surface area (Å²) in [4.78, 5) is 12.5. The van der Waals surface area contributed by atoms with E-state index in [4.69, 9.17) is 4.74 Å². The van der Waals surface area contributed by atoms with Gasteiger partial charge in [-0.1, -0.05) is 12.1 Å². The van der Waals surface area contributed by atoms with Gasteiger partial charge in [0, 0.05) is 13.7 Å². The van der Waals surface area contributed by atoms with E-state index in [1.807, 2.05) is 0 Å². The Morgan fingerprint density at radius 2 is 2.00 bits per heavy atom. The van der Waals surface area contributed by atoms with Crippen molar-refractivity contribution < 1.29 is 13.9 Å². The molecule has 0 unspecified atom stereocenters. The number of hydrogen-bond acceptors (Lipinski definition) is 3. The highest BCUT2D eigenvalue weighted by atomic mass is 19.1. The molecule has 0 saturated carbocycles. The van der Waals surface area contributed by atoms with Crippen LogP contribution in [0.25, 0.3) is 0 Å². The zero-order chi connectivity index (χ0) is 15.1. The molecule has 0 spiro atoms. The van der Waals surface area contributed by atoms with Gasteiger partial charge in [0.15, 0.2) is 0 Å². The molecule has 1 fully saturated rings. The van der Waals surface area contributed by atoms with Gasteiger partial charge in [0.25, 0.3) is 0 Å². The first-order chi connectivity index (χ1) is 10.2. The van der Waals surface area contributed by atoms with Crippen molar-refractivity contribution in [3.05, 3.63) is 35.6 Å². The minimum Gasteiger partial charge on any atom is -0.384 e. The summed E-state index contributed by atoms with van der Waals surface area (Å²) in [5.74, 6) is -0.176. The van der Waals surface area contributed by atoms with E-state index in [0.717, 1.165) is 31.5 Å². The molecule has 1 heterocycles. The van der Waals surface area contributed by atoms with Gasteiger partial charge in [0.2, 0.25) is 5.91 Å². The minimum atomic E-state index is -0.414. The molecule has 1 aromatic rings. The highest BCUT2D eigenvalue weighted by Crippen LogP contribution is 2.29. The summed E-state index contributed by atoms with van der Waals surface area (Å²) in [6.45, 7) is 2.70. The van der Waals surface area contributed by atoms with Crippen LogP contribution in [-0.4, -0.2) is 39.3 Å². The number of carbonyl (C=O) groups is 1. The van der Waals surface area contributed by atoms with E-state index < -0.39 is 5.41 Å². The maximum atomic E-state index is 12.8. The second-order valence-electron chi connectivity index (χ2n) is 5.60. The summed E-state index contributed by atoms with van der Waals surface area (Å²) in [5, 5.41) is 6.27. The van der Waals surface area contributed by atoms with Crippen LogP contribution in [0.1, 0.15) is 18.4 Å². The molecule has 1 aliphatic heterocycles. The molecule has 2 N–H and O–H groups in total. The number of carbonyl (C=O) groups excluding carboxylic acids is 1. The number of amides is 1. The zero-order valence-electron chi connectivity index (χ0n) is 12.5. The van der Waals surface area contributed by atoms with Gasteiger partial charge >= 0.3 is 0 Å². The molecule has 1 aromatic carbocycles. The van der Waals surface area contributed by atoms with E-state index in [-0.39, 0.29) is 11.7 Å². The summed E-state index contributed by atoms with van der Waals surface area (Å²) in [5.41, 5.74) is 0.603. The fraction of sp³-hybridized carbons (Fsp3) is 0.562. The van der Waals surface area contributed by atoms with Crippen molar-refractivity contribution in [1.29, 1.82) is 0 Å². The molecule has 1 amide bonds. The largest absolute Gasteiger partial charge is 0.384 e. The molecule has 1 saturated heterocycles. The van der Waals surface area contributed by atoms with Gasteiger partial charge in [0.1, 0.15) is 5.82 Å². The third kappa shape index (κ3) is 4.25. The molecule has 0 bridgehead atoms. The molecule has 2 rings (SSSR count). The lowest BCUT2D eigenvalue weighted by Gasteiger charge is -2.35. The van der Waals surface area contributed by atoms with Crippen LogP contribution in [-0.2, 0) is 16.0 Å². The molecule has 0 atom stereocenters. The van der Waals surface area contributed by atoms with E-state index in [0.29, 0.717) is 19.6 Å². The van der Waals surface area contributed by atoms with Crippen LogP contribution in [0.5, 0.6) is 0 Å². The van der Waals surface area contributed by atoms with Crippen LogP contribution >= 0.6 is 0 Å². The van der Waals surface area contributed by atoms with Crippen LogP contribution in [0.2, 0.25) is 0 Å². The van der Waals surface area contributed by atoms with Crippen molar-refractivity contribution in [1.82, 2.24) is 10.6 Å².